The summed E-state index contributed by atoms with van der Waals surface area (Å²) in [7, 11) is 0. The molecule has 3 rings (SSSR count). The van der Waals surface area contributed by atoms with Crippen LogP contribution >= 0.6 is 11.3 Å². The van der Waals surface area contributed by atoms with Crippen molar-refractivity contribution in [3.63, 3.8) is 0 Å². The van der Waals surface area contributed by atoms with E-state index in [4.69, 9.17) is 0 Å². The van der Waals surface area contributed by atoms with E-state index in [2.05, 4.69) is 59.8 Å². The molecule has 0 atom stereocenters. The van der Waals surface area contributed by atoms with E-state index < -0.39 is 0 Å². The first-order valence-electron chi connectivity index (χ1n) is 7.80. The third-order valence-corrected chi connectivity index (χ3v) is 5.07. The lowest BCUT2D eigenvalue weighted by Crippen LogP contribution is -2.30. The molecule has 1 aromatic heterocycles. The number of rotatable bonds is 5. The second-order valence-corrected chi connectivity index (χ2v) is 7.14. The predicted molar refractivity (Wildman–Crippen MR) is 90.6 cm³/mol. The summed E-state index contributed by atoms with van der Waals surface area (Å²) in [5, 5.41) is 5.63. The molecule has 0 unspecified atom stereocenters. The van der Waals surface area contributed by atoms with E-state index in [1.54, 1.807) is 0 Å². The van der Waals surface area contributed by atoms with Crippen molar-refractivity contribution >= 4 is 11.3 Å². The number of hydrogen-bond donors (Lipinski definition) is 1. The van der Waals surface area contributed by atoms with Crippen molar-refractivity contribution in [1.82, 2.24) is 10.2 Å². The largest absolute Gasteiger partial charge is 0.312 e. The van der Waals surface area contributed by atoms with Gasteiger partial charge in [0.05, 0.1) is 0 Å². The molecule has 1 aromatic carbocycles. The molecule has 2 heterocycles. The maximum atomic E-state index is 3.47. The molecule has 0 saturated heterocycles. The molecule has 1 aliphatic heterocycles. The molecular weight excluding hydrogens is 276 g/mol. The summed E-state index contributed by atoms with van der Waals surface area (Å²) in [4.78, 5) is 3.99. The minimum absolute atomic E-state index is 0.557. The average molecular weight is 300 g/mol. The van der Waals surface area contributed by atoms with Crippen molar-refractivity contribution in [1.29, 1.82) is 0 Å². The van der Waals surface area contributed by atoms with Crippen molar-refractivity contribution in [2.24, 2.45) is 0 Å². The predicted octanol–water partition coefficient (Wildman–Crippen LogP) is 3.80. The highest BCUT2D eigenvalue weighted by Crippen LogP contribution is 2.20. The fourth-order valence-corrected chi connectivity index (χ4v) is 3.62. The van der Waals surface area contributed by atoms with E-state index in [1.165, 1.54) is 28.0 Å². The Labute approximate surface area is 131 Å². The molecule has 0 fully saturated rings. The van der Waals surface area contributed by atoms with Gasteiger partial charge in [0.25, 0.3) is 0 Å². The van der Waals surface area contributed by atoms with Gasteiger partial charge in [-0.05, 0) is 54.9 Å². The number of nitrogens with zero attached hydrogens (tertiary/aromatic N) is 1. The molecule has 0 aliphatic carbocycles. The van der Waals surface area contributed by atoms with E-state index >= 15 is 0 Å². The first-order chi connectivity index (χ1) is 10.2. The highest BCUT2D eigenvalue weighted by molar-refractivity contribution is 7.09. The van der Waals surface area contributed by atoms with Crippen molar-refractivity contribution in [3.8, 4) is 0 Å². The Morgan fingerprint density at radius 3 is 2.86 bits per heavy atom. The highest BCUT2D eigenvalue weighted by atomic mass is 32.1. The van der Waals surface area contributed by atoms with Crippen LogP contribution in [0.1, 0.15) is 35.4 Å². The summed E-state index contributed by atoms with van der Waals surface area (Å²) in [5.74, 6) is 0. The molecular formula is C18H24N2S. The number of hydrogen-bond acceptors (Lipinski definition) is 3. The Morgan fingerprint density at radius 1 is 1.19 bits per heavy atom. The highest BCUT2D eigenvalue weighted by Gasteiger charge is 2.14. The lowest BCUT2D eigenvalue weighted by Gasteiger charge is -2.27. The lowest BCUT2D eigenvalue weighted by atomic mass is 9.98. The fraction of sp³-hybridized carbons (Fsp3) is 0.444. The van der Waals surface area contributed by atoms with E-state index in [0.717, 1.165) is 26.2 Å². The van der Waals surface area contributed by atoms with Gasteiger partial charge >= 0.3 is 0 Å². The van der Waals surface area contributed by atoms with Crippen LogP contribution < -0.4 is 5.32 Å². The second-order valence-electron chi connectivity index (χ2n) is 6.11. The number of fused-ring (bicyclic) bond motifs is 1. The van der Waals surface area contributed by atoms with E-state index in [1.807, 2.05) is 11.3 Å². The van der Waals surface area contributed by atoms with Crippen LogP contribution in [0.4, 0.5) is 0 Å². The van der Waals surface area contributed by atoms with Crippen LogP contribution in [-0.2, 0) is 26.1 Å². The minimum Gasteiger partial charge on any atom is -0.312 e. The van der Waals surface area contributed by atoms with Gasteiger partial charge in [0, 0.05) is 30.6 Å². The van der Waals surface area contributed by atoms with E-state index in [0.29, 0.717) is 6.04 Å². The molecule has 2 aromatic rings. The smallest absolute Gasteiger partial charge is 0.0334 e. The summed E-state index contributed by atoms with van der Waals surface area (Å²) in [6, 6.07) is 12.0. The summed E-state index contributed by atoms with van der Waals surface area (Å²) < 4.78 is 0. The van der Waals surface area contributed by atoms with Gasteiger partial charge < -0.3 is 5.32 Å². The average Bonchev–Trinajstić information content (AvgIpc) is 2.99. The van der Waals surface area contributed by atoms with E-state index in [9.17, 15) is 0 Å². The topological polar surface area (TPSA) is 15.3 Å². The first-order valence-corrected chi connectivity index (χ1v) is 8.68. The Hall–Kier alpha value is -1.16. The maximum Gasteiger partial charge on any atom is 0.0334 e. The van der Waals surface area contributed by atoms with Crippen molar-refractivity contribution in [3.05, 3.63) is 57.3 Å². The molecule has 1 aliphatic rings. The third-order valence-electron chi connectivity index (χ3n) is 4.21. The Bertz CT molecular complexity index is 575. The SMILES string of the molecule is CC(C)N(Cc1ccc2c(c1)CNCC2)Cc1cccs1. The van der Waals surface area contributed by atoms with Crippen LogP contribution in [0.3, 0.4) is 0 Å². The molecule has 2 nitrogen and oxygen atoms in total. The normalized spacial score (nSPS) is 14.7. The Morgan fingerprint density at radius 2 is 2.10 bits per heavy atom. The minimum atomic E-state index is 0.557. The van der Waals surface area contributed by atoms with Gasteiger partial charge in [-0.15, -0.1) is 11.3 Å². The molecule has 1 N–H and O–H groups in total. The molecule has 0 amide bonds. The molecule has 0 spiro atoms. The molecule has 3 heteroatoms. The van der Waals surface area contributed by atoms with Crippen LogP contribution in [0.15, 0.2) is 35.7 Å². The van der Waals surface area contributed by atoms with Gasteiger partial charge in [-0.25, -0.2) is 0 Å². The molecule has 0 bridgehead atoms. The van der Waals surface area contributed by atoms with Gasteiger partial charge in [0.2, 0.25) is 0 Å². The summed E-state index contributed by atoms with van der Waals surface area (Å²) in [6.45, 7) is 8.78. The summed E-state index contributed by atoms with van der Waals surface area (Å²) in [6.07, 6.45) is 1.17. The first kappa shape index (κ1) is 14.8. The third kappa shape index (κ3) is 3.73. The van der Waals surface area contributed by atoms with E-state index in [-0.39, 0.29) is 0 Å². The van der Waals surface area contributed by atoms with Gasteiger partial charge in [-0.3, -0.25) is 4.90 Å². The Balaban J connectivity index is 1.73. The summed E-state index contributed by atoms with van der Waals surface area (Å²) >= 11 is 1.85. The molecule has 112 valence electrons. The molecule has 0 saturated carbocycles. The zero-order valence-corrected chi connectivity index (χ0v) is 13.7. The van der Waals surface area contributed by atoms with Crippen LogP contribution in [-0.4, -0.2) is 17.5 Å². The van der Waals surface area contributed by atoms with Crippen molar-refractivity contribution < 1.29 is 0 Å². The van der Waals surface area contributed by atoms with Crippen molar-refractivity contribution in [2.45, 2.75) is 45.9 Å². The number of thiophene rings is 1. The van der Waals surface area contributed by atoms with Crippen molar-refractivity contribution in [2.75, 3.05) is 6.54 Å². The summed E-state index contributed by atoms with van der Waals surface area (Å²) in [5.41, 5.74) is 4.44. The molecule has 0 radical (unpaired) electrons. The monoisotopic (exact) mass is 300 g/mol. The maximum absolute atomic E-state index is 3.47. The van der Waals surface area contributed by atoms with Crippen LogP contribution in [0, 0.1) is 0 Å². The zero-order chi connectivity index (χ0) is 14.7. The quantitative estimate of drug-likeness (QED) is 0.903. The second kappa shape index (κ2) is 6.73. The van der Waals surface area contributed by atoms with Gasteiger partial charge in [-0.1, -0.05) is 24.3 Å². The van der Waals surface area contributed by atoms with Crippen LogP contribution in [0.2, 0.25) is 0 Å². The standard InChI is InChI=1S/C18H24N2S/c1-14(2)20(13-18-4-3-9-21-18)12-15-5-6-16-7-8-19-11-17(16)10-15/h3-6,9-10,14,19H,7-8,11-13H2,1-2H3. The molecule has 21 heavy (non-hydrogen) atoms. The number of nitrogens with one attached hydrogen (secondary N) is 1. The van der Waals surface area contributed by atoms with Gasteiger partial charge in [-0.2, -0.15) is 0 Å². The Kier molecular flexibility index (Phi) is 4.73. The van der Waals surface area contributed by atoms with Crippen LogP contribution in [0.5, 0.6) is 0 Å². The van der Waals surface area contributed by atoms with Gasteiger partial charge in [0.15, 0.2) is 0 Å². The fourth-order valence-electron chi connectivity index (χ4n) is 2.89. The van der Waals surface area contributed by atoms with Crippen LogP contribution in [0.25, 0.3) is 0 Å². The zero-order valence-electron chi connectivity index (χ0n) is 12.9. The number of benzene rings is 1. The van der Waals surface area contributed by atoms with Gasteiger partial charge in [0.1, 0.15) is 0 Å². The lowest BCUT2D eigenvalue weighted by molar-refractivity contribution is 0.205.